The Morgan fingerprint density at radius 3 is 2.70 bits per heavy atom. The molecule has 6 nitrogen and oxygen atoms in total. The molecule has 104 valence electrons. The van der Waals surface area contributed by atoms with Gasteiger partial charge in [0.05, 0.1) is 26.1 Å². The summed E-state index contributed by atoms with van der Waals surface area (Å²) in [6.07, 6.45) is 0.967. The van der Waals surface area contributed by atoms with Crippen molar-refractivity contribution in [2.75, 3.05) is 19.5 Å². The zero-order valence-corrected chi connectivity index (χ0v) is 11.2. The SMILES string of the molecule is COC(=O)Nc1c(OC)ccc2ccc(C=NN)cc12. The summed E-state index contributed by atoms with van der Waals surface area (Å²) in [6, 6.07) is 9.34. The van der Waals surface area contributed by atoms with Crippen LogP contribution in [0.3, 0.4) is 0 Å². The minimum atomic E-state index is -0.561. The number of nitrogens with one attached hydrogen (secondary N) is 1. The Hall–Kier alpha value is -2.76. The van der Waals surface area contributed by atoms with Gasteiger partial charge in [-0.05, 0) is 23.1 Å². The Kier molecular flexibility index (Phi) is 4.05. The van der Waals surface area contributed by atoms with E-state index in [1.54, 1.807) is 6.07 Å². The van der Waals surface area contributed by atoms with E-state index in [9.17, 15) is 4.79 Å². The number of hydrogen-bond acceptors (Lipinski definition) is 5. The summed E-state index contributed by atoms with van der Waals surface area (Å²) in [4.78, 5) is 11.5. The van der Waals surface area contributed by atoms with Crippen LogP contribution < -0.4 is 15.9 Å². The third-order valence-corrected chi connectivity index (χ3v) is 2.86. The molecular weight excluding hydrogens is 258 g/mol. The largest absolute Gasteiger partial charge is 0.495 e. The molecule has 0 aliphatic heterocycles. The van der Waals surface area contributed by atoms with Gasteiger partial charge in [0.25, 0.3) is 0 Å². The highest BCUT2D eigenvalue weighted by atomic mass is 16.5. The van der Waals surface area contributed by atoms with E-state index >= 15 is 0 Å². The summed E-state index contributed by atoms with van der Waals surface area (Å²) in [5.41, 5.74) is 1.37. The topological polar surface area (TPSA) is 85.9 Å². The van der Waals surface area contributed by atoms with Gasteiger partial charge in [0.2, 0.25) is 0 Å². The standard InChI is InChI=1S/C14H15N3O3/c1-19-12-6-5-10-4-3-9(8-16-15)7-11(10)13(12)17-14(18)20-2/h3-8H,15H2,1-2H3,(H,17,18). The Morgan fingerprint density at radius 2 is 2.05 bits per heavy atom. The molecule has 2 aromatic carbocycles. The Morgan fingerprint density at radius 1 is 1.30 bits per heavy atom. The molecule has 0 aliphatic carbocycles. The van der Waals surface area contributed by atoms with E-state index in [4.69, 9.17) is 10.6 Å². The number of hydrazone groups is 1. The van der Waals surface area contributed by atoms with Crippen molar-refractivity contribution in [3.8, 4) is 5.75 Å². The highest BCUT2D eigenvalue weighted by molar-refractivity contribution is 6.04. The highest BCUT2D eigenvalue weighted by Crippen LogP contribution is 2.33. The van der Waals surface area contributed by atoms with Gasteiger partial charge < -0.3 is 15.3 Å². The molecule has 2 rings (SSSR count). The lowest BCUT2D eigenvalue weighted by Gasteiger charge is -2.13. The molecule has 3 N–H and O–H groups in total. The first kappa shape index (κ1) is 13.7. The molecule has 6 heteroatoms. The molecule has 0 aliphatic rings. The molecule has 0 heterocycles. The number of nitrogens with two attached hydrogens (primary N) is 1. The number of hydrogen-bond donors (Lipinski definition) is 2. The third-order valence-electron chi connectivity index (χ3n) is 2.86. The van der Waals surface area contributed by atoms with E-state index in [0.717, 1.165) is 16.3 Å². The second-order valence-electron chi connectivity index (χ2n) is 4.02. The Labute approximate surface area is 116 Å². The molecule has 20 heavy (non-hydrogen) atoms. The van der Waals surface area contributed by atoms with Gasteiger partial charge in [-0.25, -0.2) is 4.79 Å². The van der Waals surface area contributed by atoms with Crippen molar-refractivity contribution in [3.05, 3.63) is 35.9 Å². The molecule has 0 atom stereocenters. The first-order valence-electron chi connectivity index (χ1n) is 5.88. The van der Waals surface area contributed by atoms with Gasteiger partial charge in [0, 0.05) is 5.39 Å². The summed E-state index contributed by atoms with van der Waals surface area (Å²) in [6.45, 7) is 0. The van der Waals surface area contributed by atoms with Crippen molar-refractivity contribution in [2.24, 2.45) is 10.9 Å². The monoisotopic (exact) mass is 273 g/mol. The minimum absolute atomic E-state index is 0.545. The number of methoxy groups -OCH3 is 2. The zero-order chi connectivity index (χ0) is 14.5. The van der Waals surface area contributed by atoms with Gasteiger partial charge in [0.15, 0.2) is 0 Å². The molecule has 0 fully saturated rings. The molecule has 0 aromatic heterocycles. The van der Waals surface area contributed by atoms with Crippen LogP contribution in [0.1, 0.15) is 5.56 Å². The summed E-state index contributed by atoms with van der Waals surface area (Å²) in [7, 11) is 2.84. The number of amides is 1. The lowest BCUT2D eigenvalue weighted by atomic mass is 10.0. The molecule has 0 unspecified atom stereocenters. The fourth-order valence-electron chi connectivity index (χ4n) is 1.94. The molecule has 0 saturated carbocycles. The van der Waals surface area contributed by atoms with Gasteiger partial charge in [0.1, 0.15) is 5.75 Å². The minimum Gasteiger partial charge on any atom is -0.495 e. The molecule has 1 amide bonds. The molecule has 2 aromatic rings. The fraction of sp³-hybridized carbons (Fsp3) is 0.143. The second-order valence-corrected chi connectivity index (χ2v) is 4.02. The quantitative estimate of drug-likeness (QED) is 0.510. The average Bonchev–Trinajstić information content (AvgIpc) is 2.48. The van der Waals surface area contributed by atoms with E-state index in [0.29, 0.717) is 11.4 Å². The first-order valence-corrected chi connectivity index (χ1v) is 5.88. The predicted octanol–water partition coefficient (Wildman–Crippen LogP) is 2.32. The van der Waals surface area contributed by atoms with Gasteiger partial charge in [-0.1, -0.05) is 18.2 Å². The normalized spacial score (nSPS) is 10.7. The Bertz CT molecular complexity index is 668. The van der Waals surface area contributed by atoms with Crippen molar-refractivity contribution in [1.82, 2.24) is 0 Å². The van der Waals surface area contributed by atoms with Crippen LogP contribution in [-0.2, 0) is 4.74 Å². The van der Waals surface area contributed by atoms with Crippen LogP contribution in [0.25, 0.3) is 10.8 Å². The number of carbonyl (C=O) groups excluding carboxylic acids is 1. The molecule has 0 bridgehead atoms. The maximum atomic E-state index is 11.5. The Balaban J connectivity index is 2.64. The average molecular weight is 273 g/mol. The maximum Gasteiger partial charge on any atom is 0.411 e. The smallest absolute Gasteiger partial charge is 0.411 e. The van der Waals surface area contributed by atoms with Crippen molar-refractivity contribution in [3.63, 3.8) is 0 Å². The van der Waals surface area contributed by atoms with Crippen molar-refractivity contribution >= 4 is 28.8 Å². The molecule has 0 saturated heterocycles. The third kappa shape index (κ3) is 2.64. The van der Waals surface area contributed by atoms with Gasteiger partial charge in [-0.15, -0.1) is 0 Å². The maximum absolute atomic E-state index is 11.5. The van der Waals surface area contributed by atoms with E-state index in [1.165, 1.54) is 20.4 Å². The number of rotatable bonds is 3. The summed E-state index contributed by atoms with van der Waals surface area (Å²) in [5.74, 6) is 5.70. The van der Waals surface area contributed by atoms with Crippen LogP contribution in [-0.4, -0.2) is 26.5 Å². The second kappa shape index (κ2) is 5.92. The van der Waals surface area contributed by atoms with E-state index < -0.39 is 6.09 Å². The lowest BCUT2D eigenvalue weighted by molar-refractivity contribution is 0.187. The van der Waals surface area contributed by atoms with E-state index in [2.05, 4.69) is 15.2 Å². The van der Waals surface area contributed by atoms with Gasteiger partial charge >= 0.3 is 6.09 Å². The van der Waals surface area contributed by atoms with Crippen molar-refractivity contribution in [1.29, 1.82) is 0 Å². The number of fused-ring (bicyclic) bond motifs is 1. The van der Waals surface area contributed by atoms with Gasteiger partial charge in [-0.2, -0.15) is 5.10 Å². The summed E-state index contributed by atoms with van der Waals surface area (Å²) >= 11 is 0. The lowest BCUT2D eigenvalue weighted by Crippen LogP contribution is -2.12. The first-order chi connectivity index (χ1) is 9.69. The number of nitrogens with zero attached hydrogens (tertiary/aromatic N) is 1. The van der Waals surface area contributed by atoms with Crippen LogP contribution in [0, 0.1) is 0 Å². The number of benzene rings is 2. The molecular formula is C14H15N3O3. The summed E-state index contributed by atoms with van der Waals surface area (Å²) in [5, 5.41) is 7.92. The number of ether oxygens (including phenoxy) is 2. The fourth-order valence-corrected chi connectivity index (χ4v) is 1.94. The zero-order valence-electron chi connectivity index (χ0n) is 11.2. The number of anilines is 1. The van der Waals surface area contributed by atoms with Crippen LogP contribution in [0.2, 0.25) is 0 Å². The van der Waals surface area contributed by atoms with Crippen LogP contribution in [0.5, 0.6) is 5.75 Å². The van der Waals surface area contributed by atoms with Crippen LogP contribution in [0.15, 0.2) is 35.4 Å². The van der Waals surface area contributed by atoms with Crippen molar-refractivity contribution < 1.29 is 14.3 Å². The van der Waals surface area contributed by atoms with Crippen molar-refractivity contribution in [2.45, 2.75) is 0 Å². The van der Waals surface area contributed by atoms with Gasteiger partial charge in [-0.3, -0.25) is 5.32 Å². The number of carbonyl (C=O) groups is 1. The van der Waals surface area contributed by atoms with E-state index in [-0.39, 0.29) is 0 Å². The summed E-state index contributed by atoms with van der Waals surface area (Å²) < 4.78 is 9.90. The van der Waals surface area contributed by atoms with Crippen LogP contribution >= 0.6 is 0 Å². The van der Waals surface area contributed by atoms with Crippen LogP contribution in [0.4, 0.5) is 10.5 Å². The van der Waals surface area contributed by atoms with E-state index in [1.807, 2.05) is 24.3 Å². The molecule has 0 radical (unpaired) electrons. The highest BCUT2D eigenvalue weighted by Gasteiger charge is 2.12. The molecule has 0 spiro atoms. The predicted molar refractivity (Wildman–Crippen MR) is 78.3 cm³/mol.